The van der Waals surface area contributed by atoms with Gasteiger partial charge in [-0.2, -0.15) is 15.0 Å². The zero-order valence-electron chi connectivity index (χ0n) is 14.1. The van der Waals surface area contributed by atoms with E-state index in [0.29, 0.717) is 6.54 Å². The maximum Gasteiger partial charge on any atom is 0.123 e. The van der Waals surface area contributed by atoms with E-state index < -0.39 is 0 Å². The molecule has 0 amide bonds. The molecule has 3 rings (SSSR count). The number of para-hydroxylation sites is 1. The van der Waals surface area contributed by atoms with Crippen molar-refractivity contribution >= 4 is 0 Å². The molecule has 24 heavy (non-hydrogen) atoms. The van der Waals surface area contributed by atoms with Gasteiger partial charge in [-0.05, 0) is 13.0 Å². The summed E-state index contributed by atoms with van der Waals surface area (Å²) in [5.74, 6) is 0.894. The molecular formula is C19H22N4O. The van der Waals surface area contributed by atoms with Gasteiger partial charge in [0.05, 0.1) is 13.7 Å². The van der Waals surface area contributed by atoms with Gasteiger partial charge >= 0.3 is 0 Å². The van der Waals surface area contributed by atoms with Gasteiger partial charge in [-0.3, -0.25) is 0 Å². The van der Waals surface area contributed by atoms with Crippen molar-refractivity contribution in [2.24, 2.45) is 0 Å². The zero-order valence-corrected chi connectivity index (χ0v) is 14.1. The Kier molecular flexibility index (Phi) is 5.23. The molecule has 0 saturated heterocycles. The van der Waals surface area contributed by atoms with E-state index in [4.69, 9.17) is 4.74 Å². The van der Waals surface area contributed by atoms with E-state index >= 15 is 0 Å². The number of hydrogen-bond acceptors (Lipinski definition) is 4. The Labute approximate surface area is 142 Å². The number of nitrogens with one attached hydrogen (secondary N) is 1. The molecule has 5 heteroatoms. The van der Waals surface area contributed by atoms with Gasteiger partial charge in [-0.25, -0.2) is 0 Å². The smallest absolute Gasteiger partial charge is 0.123 e. The van der Waals surface area contributed by atoms with Crippen LogP contribution >= 0.6 is 0 Å². The fourth-order valence-corrected chi connectivity index (χ4v) is 2.63. The van der Waals surface area contributed by atoms with E-state index in [9.17, 15) is 0 Å². The number of nitrogens with zero attached hydrogens (tertiary/aromatic N) is 3. The highest BCUT2D eigenvalue weighted by Gasteiger charge is 2.12. The summed E-state index contributed by atoms with van der Waals surface area (Å²) in [5, 5.41) is 12.6. The van der Waals surface area contributed by atoms with Crippen molar-refractivity contribution in [1.82, 2.24) is 20.3 Å². The predicted octanol–water partition coefficient (Wildman–Crippen LogP) is 3.26. The van der Waals surface area contributed by atoms with Crippen molar-refractivity contribution < 1.29 is 4.74 Å². The van der Waals surface area contributed by atoms with Crippen LogP contribution in [0.5, 0.6) is 5.75 Å². The minimum atomic E-state index is 0.655. The largest absolute Gasteiger partial charge is 0.496 e. The highest BCUT2D eigenvalue weighted by molar-refractivity contribution is 5.60. The normalized spacial score (nSPS) is 10.8. The van der Waals surface area contributed by atoms with Gasteiger partial charge in [0.2, 0.25) is 0 Å². The van der Waals surface area contributed by atoms with Crippen molar-refractivity contribution in [3.63, 3.8) is 0 Å². The molecular weight excluding hydrogens is 300 g/mol. The van der Waals surface area contributed by atoms with E-state index in [1.165, 1.54) is 0 Å². The minimum absolute atomic E-state index is 0.655. The van der Waals surface area contributed by atoms with Crippen LogP contribution < -0.4 is 10.1 Å². The van der Waals surface area contributed by atoms with E-state index in [0.717, 1.165) is 41.4 Å². The first-order valence-corrected chi connectivity index (χ1v) is 8.14. The van der Waals surface area contributed by atoms with Gasteiger partial charge in [0.15, 0.2) is 0 Å². The summed E-state index contributed by atoms with van der Waals surface area (Å²) in [6.45, 7) is 4.17. The van der Waals surface area contributed by atoms with Crippen LogP contribution in [-0.4, -0.2) is 22.1 Å². The third kappa shape index (κ3) is 3.63. The molecule has 0 atom stereocenters. The number of rotatable bonds is 7. The van der Waals surface area contributed by atoms with E-state index in [-0.39, 0.29) is 0 Å². The highest BCUT2D eigenvalue weighted by Crippen LogP contribution is 2.21. The Balaban J connectivity index is 1.74. The number of ether oxygens (including phenoxy) is 1. The first-order valence-electron chi connectivity index (χ1n) is 8.14. The molecule has 0 aliphatic rings. The number of aromatic nitrogens is 3. The highest BCUT2D eigenvalue weighted by atomic mass is 16.5. The van der Waals surface area contributed by atoms with Gasteiger partial charge < -0.3 is 10.1 Å². The zero-order chi connectivity index (χ0) is 16.8. The van der Waals surface area contributed by atoms with E-state index in [1.807, 2.05) is 43.3 Å². The van der Waals surface area contributed by atoms with Crippen molar-refractivity contribution in [1.29, 1.82) is 0 Å². The Morgan fingerprint density at radius 2 is 1.71 bits per heavy atom. The van der Waals surface area contributed by atoms with Crippen LogP contribution in [0.4, 0.5) is 0 Å². The van der Waals surface area contributed by atoms with Crippen LogP contribution in [0.3, 0.4) is 0 Å². The summed E-state index contributed by atoms with van der Waals surface area (Å²) in [6, 6.07) is 18.2. The second kappa shape index (κ2) is 7.75. The lowest BCUT2D eigenvalue weighted by Gasteiger charge is -2.09. The topological polar surface area (TPSA) is 52.0 Å². The maximum absolute atomic E-state index is 5.39. The van der Waals surface area contributed by atoms with Gasteiger partial charge in [0.25, 0.3) is 0 Å². The number of aryl methyl sites for hydroxylation is 1. The molecule has 0 bridgehead atoms. The Hall–Kier alpha value is -2.66. The Bertz CT molecular complexity index is 783. The molecule has 1 N–H and O–H groups in total. The molecule has 2 aromatic carbocycles. The summed E-state index contributed by atoms with van der Waals surface area (Å²) in [6.07, 6.45) is 0. The molecule has 1 aromatic heterocycles. The van der Waals surface area contributed by atoms with Crippen molar-refractivity contribution in [2.75, 3.05) is 7.11 Å². The fourth-order valence-electron chi connectivity index (χ4n) is 2.63. The quantitative estimate of drug-likeness (QED) is 0.725. The molecule has 5 nitrogen and oxygen atoms in total. The molecule has 0 unspecified atom stereocenters. The average Bonchev–Trinajstić information content (AvgIpc) is 3.06. The third-order valence-corrected chi connectivity index (χ3v) is 3.86. The van der Waals surface area contributed by atoms with Crippen molar-refractivity contribution in [3.8, 4) is 17.0 Å². The summed E-state index contributed by atoms with van der Waals surface area (Å²) >= 11 is 0. The summed E-state index contributed by atoms with van der Waals surface area (Å²) in [7, 11) is 1.69. The summed E-state index contributed by atoms with van der Waals surface area (Å²) in [5.41, 5.74) is 4.11. The second-order valence-electron chi connectivity index (χ2n) is 5.47. The van der Waals surface area contributed by atoms with Crippen molar-refractivity contribution in [3.05, 3.63) is 65.9 Å². The van der Waals surface area contributed by atoms with Crippen molar-refractivity contribution in [2.45, 2.75) is 26.6 Å². The van der Waals surface area contributed by atoms with Gasteiger partial charge in [-0.15, -0.1) is 0 Å². The van der Waals surface area contributed by atoms with Crippen LogP contribution in [0.15, 0.2) is 54.6 Å². The lowest BCUT2D eigenvalue weighted by atomic mass is 10.1. The first kappa shape index (κ1) is 16.2. The van der Waals surface area contributed by atoms with Crippen LogP contribution in [0.1, 0.15) is 18.2 Å². The van der Waals surface area contributed by atoms with Gasteiger partial charge in [0, 0.05) is 24.2 Å². The molecule has 1 heterocycles. The number of benzene rings is 2. The SMILES string of the molecule is CCn1nc(CNCc2ccccc2OC)c(-c2ccccc2)n1. The molecule has 124 valence electrons. The molecule has 0 aliphatic carbocycles. The van der Waals surface area contributed by atoms with E-state index in [1.54, 1.807) is 11.9 Å². The van der Waals surface area contributed by atoms with Gasteiger partial charge in [-0.1, -0.05) is 48.5 Å². The molecule has 0 spiro atoms. The number of methoxy groups -OCH3 is 1. The summed E-state index contributed by atoms with van der Waals surface area (Å²) < 4.78 is 5.39. The fraction of sp³-hybridized carbons (Fsp3) is 0.263. The lowest BCUT2D eigenvalue weighted by molar-refractivity contribution is 0.407. The second-order valence-corrected chi connectivity index (χ2v) is 5.47. The van der Waals surface area contributed by atoms with Crippen LogP contribution in [0, 0.1) is 0 Å². The van der Waals surface area contributed by atoms with E-state index in [2.05, 4.69) is 33.7 Å². The average molecular weight is 322 g/mol. The Morgan fingerprint density at radius 1 is 0.958 bits per heavy atom. The van der Waals surface area contributed by atoms with Gasteiger partial charge in [0.1, 0.15) is 17.1 Å². The Morgan fingerprint density at radius 3 is 2.46 bits per heavy atom. The molecule has 3 aromatic rings. The minimum Gasteiger partial charge on any atom is -0.496 e. The molecule has 0 radical (unpaired) electrons. The first-order chi connectivity index (χ1) is 11.8. The standard InChI is InChI=1S/C19H22N4O/c1-3-23-21-17(19(22-23)15-9-5-4-6-10-15)14-20-13-16-11-7-8-12-18(16)24-2/h4-12,20H,3,13-14H2,1-2H3. The van der Waals surface area contributed by atoms with Crippen LogP contribution in [0.2, 0.25) is 0 Å². The number of hydrogen-bond donors (Lipinski definition) is 1. The maximum atomic E-state index is 5.39. The van der Waals surface area contributed by atoms with Crippen LogP contribution in [-0.2, 0) is 19.6 Å². The lowest BCUT2D eigenvalue weighted by Crippen LogP contribution is -2.14. The molecule has 0 saturated carbocycles. The van der Waals surface area contributed by atoms with Crippen LogP contribution in [0.25, 0.3) is 11.3 Å². The molecule has 0 aliphatic heterocycles. The monoisotopic (exact) mass is 322 g/mol. The molecule has 0 fully saturated rings. The summed E-state index contributed by atoms with van der Waals surface area (Å²) in [4.78, 5) is 1.74. The third-order valence-electron chi connectivity index (χ3n) is 3.86. The predicted molar refractivity (Wildman–Crippen MR) is 94.7 cm³/mol.